The van der Waals surface area contributed by atoms with Crippen molar-refractivity contribution in [2.45, 2.75) is 75.6 Å². The van der Waals surface area contributed by atoms with Gasteiger partial charge in [-0.15, -0.1) is 11.3 Å². The molecule has 3 aliphatic rings. The van der Waals surface area contributed by atoms with Gasteiger partial charge in [0.1, 0.15) is 5.82 Å². The second kappa shape index (κ2) is 11.6. The van der Waals surface area contributed by atoms with Gasteiger partial charge in [-0.3, -0.25) is 9.59 Å². The molecule has 0 radical (unpaired) electrons. The summed E-state index contributed by atoms with van der Waals surface area (Å²) in [4.78, 5) is 37.0. The number of amides is 1. The topological polar surface area (TPSA) is 95.5 Å². The third-order valence-corrected chi connectivity index (χ3v) is 10.1. The quantitative estimate of drug-likeness (QED) is 0.384. The number of benzene rings is 1. The minimum atomic E-state index is -4.59. The van der Waals surface area contributed by atoms with E-state index >= 15 is 0 Å². The minimum absolute atomic E-state index is 0.0604. The molecule has 1 amide bonds. The summed E-state index contributed by atoms with van der Waals surface area (Å²) in [6.45, 7) is 1.90. The first-order valence-electron chi connectivity index (χ1n) is 14.6. The Kier molecular flexibility index (Phi) is 8.01. The number of nitrogens with zero attached hydrogens (tertiary/aromatic N) is 2. The molecule has 42 heavy (non-hydrogen) atoms. The van der Waals surface area contributed by atoms with E-state index in [0.717, 1.165) is 63.9 Å². The number of aliphatic hydroxyl groups excluding tert-OH is 1. The largest absolute Gasteiger partial charge is 0.416 e. The number of aryl methyl sites for hydroxylation is 2. The van der Waals surface area contributed by atoms with Crippen LogP contribution >= 0.6 is 11.3 Å². The highest BCUT2D eigenvalue weighted by Gasteiger charge is 2.50. The number of fused-ring (bicyclic) bond motifs is 1. The van der Waals surface area contributed by atoms with Crippen molar-refractivity contribution in [3.05, 3.63) is 84.7 Å². The van der Waals surface area contributed by atoms with Crippen LogP contribution in [0.3, 0.4) is 0 Å². The number of aromatic amines is 1. The molecule has 1 saturated carbocycles. The summed E-state index contributed by atoms with van der Waals surface area (Å²) in [5, 5.41) is 12.9. The first-order valence-corrected chi connectivity index (χ1v) is 15.4. The lowest BCUT2D eigenvalue weighted by Gasteiger charge is -2.24. The van der Waals surface area contributed by atoms with E-state index in [1.54, 1.807) is 11.3 Å². The Morgan fingerprint density at radius 2 is 2.02 bits per heavy atom. The van der Waals surface area contributed by atoms with Crippen LogP contribution in [0.2, 0.25) is 0 Å². The van der Waals surface area contributed by atoms with Crippen LogP contribution in [0.5, 0.6) is 0 Å². The van der Waals surface area contributed by atoms with Crippen molar-refractivity contribution in [1.29, 1.82) is 0 Å². The lowest BCUT2D eigenvalue weighted by atomic mass is 9.93. The van der Waals surface area contributed by atoms with E-state index in [0.29, 0.717) is 35.8 Å². The maximum atomic E-state index is 13.4. The smallest absolute Gasteiger partial charge is 0.381 e. The summed E-state index contributed by atoms with van der Waals surface area (Å²) in [5.74, 6) is 0.626. The Balaban J connectivity index is 1.18. The molecule has 4 heterocycles. The van der Waals surface area contributed by atoms with E-state index in [1.807, 2.05) is 0 Å². The monoisotopic (exact) mass is 601 g/mol. The highest BCUT2D eigenvalue weighted by Crippen LogP contribution is 2.54. The maximum absolute atomic E-state index is 13.4. The van der Waals surface area contributed by atoms with Crippen molar-refractivity contribution in [3.8, 4) is 0 Å². The number of alkyl halides is 3. The van der Waals surface area contributed by atoms with Crippen molar-refractivity contribution in [2.24, 2.45) is 5.92 Å². The third kappa shape index (κ3) is 5.91. The molecule has 3 aromatic rings. The lowest BCUT2D eigenvalue weighted by Crippen LogP contribution is -2.36. The fourth-order valence-corrected chi connectivity index (χ4v) is 7.34. The van der Waals surface area contributed by atoms with Crippen LogP contribution in [-0.4, -0.2) is 45.6 Å². The van der Waals surface area contributed by atoms with E-state index in [-0.39, 0.29) is 29.6 Å². The highest BCUT2D eigenvalue weighted by atomic mass is 32.1. The average molecular weight is 602 g/mol. The molecule has 6 rings (SSSR count). The zero-order valence-corrected chi connectivity index (χ0v) is 24.0. The number of aromatic nitrogens is 2. The van der Waals surface area contributed by atoms with E-state index in [9.17, 15) is 27.9 Å². The SMILES string of the molecule is O=C([C@H](O)c1cccc(C(F)(F)F)c1)N1CCCc2nc(C3(c4cc(CCC5CCOCC5)cs4)CC3)[nH]c(=O)c2C1. The summed E-state index contributed by atoms with van der Waals surface area (Å²) in [7, 11) is 0. The maximum Gasteiger partial charge on any atom is 0.416 e. The first kappa shape index (κ1) is 29.1. The number of halogens is 3. The van der Waals surface area contributed by atoms with Gasteiger partial charge in [0.2, 0.25) is 0 Å². The number of hydrogen-bond acceptors (Lipinski definition) is 6. The van der Waals surface area contributed by atoms with E-state index in [1.165, 1.54) is 27.5 Å². The molecule has 2 aliphatic heterocycles. The fourth-order valence-electron chi connectivity index (χ4n) is 6.13. The van der Waals surface area contributed by atoms with Gasteiger partial charge >= 0.3 is 6.18 Å². The first-order chi connectivity index (χ1) is 20.1. The van der Waals surface area contributed by atoms with Gasteiger partial charge in [-0.05, 0) is 92.0 Å². The lowest BCUT2D eigenvalue weighted by molar-refractivity contribution is -0.142. The Morgan fingerprint density at radius 1 is 1.24 bits per heavy atom. The molecular formula is C31H34F3N3O4S. The fraction of sp³-hybridized carbons (Fsp3) is 0.516. The van der Waals surface area contributed by atoms with Crippen LogP contribution in [-0.2, 0) is 40.5 Å². The van der Waals surface area contributed by atoms with E-state index in [4.69, 9.17) is 9.72 Å². The van der Waals surface area contributed by atoms with Crippen LogP contribution in [0.25, 0.3) is 0 Å². The standard InChI is InChI=1S/C31H34F3N3O4S/c32-31(33,34)22-4-1-3-21(16-22)26(38)28(40)37-12-2-5-24-23(17-37)27(39)36-29(35-24)30(10-11-30)25-15-20(18-42-25)7-6-19-8-13-41-14-9-19/h1,3-4,15-16,18-19,26,38H,2,5-14,17H2,(H,35,36,39)/t26-/m1/s1. The molecule has 0 unspecified atom stereocenters. The van der Waals surface area contributed by atoms with Gasteiger partial charge in [0, 0.05) is 24.6 Å². The summed E-state index contributed by atoms with van der Waals surface area (Å²) < 4.78 is 45.0. The second-order valence-electron chi connectivity index (χ2n) is 11.7. The predicted molar refractivity (Wildman–Crippen MR) is 151 cm³/mol. The van der Waals surface area contributed by atoms with Gasteiger partial charge < -0.3 is 19.7 Å². The Labute approximate surface area is 245 Å². The van der Waals surface area contributed by atoms with Crippen LogP contribution in [0.4, 0.5) is 13.2 Å². The van der Waals surface area contributed by atoms with E-state index < -0.39 is 23.8 Å². The molecule has 2 fully saturated rings. The van der Waals surface area contributed by atoms with Crippen molar-refractivity contribution >= 4 is 17.2 Å². The zero-order valence-electron chi connectivity index (χ0n) is 23.2. The van der Waals surface area contributed by atoms with Crippen molar-refractivity contribution in [3.63, 3.8) is 0 Å². The number of thiophene rings is 1. The molecule has 1 aromatic carbocycles. The number of carbonyl (C=O) groups excluding carboxylic acids is 1. The van der Waals surface area contributed by atoms with Gasteiger partial charge in [0.05, 0.1) is 28.8 Å². The van der Waals surface area contributed by atoms with Gasteiger partial charge in [0.25, 0.3) is 11.5 Å². The molecule has 1 saturated heterocycles. The zero-order chi connectivity index (χ0) is 29.5. The minimum Gasteiger partial charge on any atom is -0.381 e. The highest BCUT2D eigenvalue weighted by molar-refractivity contribution is 7.10. The number of H-pyrrole nitrogens is 1. The van der Waals surface area contributed by atoms with Crippen LogP contribution < -0.4 is 5.56 Å². The molecule has 2 aromatic heterocycles. The number of carbonyl (C=O) groups is 1. The third-order valence-electron chi connectivity index (χ3n) is 8.88. The van der Waals surface area contributed by atoms with Crippen molar-refractivity contribution < 1.29 is 27.8 Å². The summed E-state index contributed by atoms with van der Waals surface area (Å²) in [6.07, 6.45) is 0.881. The number of rotatable bonds is 7. The Morgan fingerprint density at radius 3 is 2.76 bits per heavy atom. The van der Waals surface area contributed by atoms with Crippen LogP contribution in [0.1, 0.15) is 83.3 Å². The molecule has 11 heteroatoms. The molecule has 2 N–H and O–H groups in total. The number of aliphatic hydroxyl groups is 1. The van der Waals surface area contributed by atoms with Gasteiger partial charge in [-0.2, -0.15) is 13.2 Å². The van der Waals surface area contributed by atoms with Crippen LogP contribution in [0, 0.1) is 5.92 Å². The normalized spacial score (nSPS) is 19.7. The van der Waals surface area contributed by atoms with Crippen molar-refractivity contribution in [1.82, 2.24) is 14.9 Å². The van der Waals surface area contributed by atoms with Crippen molar-refractivity contribution in [2.75, 3.05) is 19.8 Å². The summed E-state index contributed by atoms with van der Waals surface area (Å²) >= 11 is 1.72. The van der Waals surface area contributed by atoms with E-state index in [2.05, 4.69) is 16.4 Å². The summed E-state index contributed by atoms with van der Waals surface area (Å²) in [6, 6.07) is 6.39. The summed E-state index contributed by atoms with van der Waals surface area (Å²) in [5.41, 5.74) is 0.634. The number of nitrogens with one attached hydrogen (secondary N) is 1. The predicted octanol–water partition coefficient (Wildman–Crippen LogP) is 5.30. The Bertz CT molecular complexity index is 1510. The van der Waals surface area contributed by atoms with Gasteiger partial charge in [0.15, 0.2) is 6.10 Å². The molecular weight excluding hydrogens is 567 g/mol. The molecule has 224 valence electrons. The number of ether oxygens (including phenoxy) is 1. The second-order valence-corrected chi connectivity index (χ2v) is 12.6. The van der Waals surface area contributed by atoms with Gasteiger partial charge in [-0.1, -0.05) is 12.1 Å². The molecule has 7 nitrogen and oxygen atoms in total. The average Bonchev–Trinajstić information content (AvgIpc) is 3.71. The Hall–Kier alpha value is -3.02. The number of hydrogen-bond donors (Lipinski definition) is 2. The molecule has 1 atom stereocenters. The van der Waals surface area contributed by atoms with Gasteiger partial charge in [-0.25, -0.2) is 4.98 Å². The molecule has 0 spiro atoms. The molecule has 0 bridgehead atoms. The molecule has 1 aliphatic carbocycles. The van der Waals surface area contributed by atoms with Crippen LogP contribution in [0.15, 0.2) is 40.5 Å².